The van der Waals surface area contributed by atoms with Gasteiger partial charge in [-0.05, 0) is 64.6 Å². The van der Waals surface area contributed by atoms with Crippen molar-refractivity contribution in [3.05, 3.63) is 0 Å². The van der Waals surface area contributed by atoms with Crippen LogP contribution in [0.15, 0.2) is 0 Å². The van der Waals surface area contributed by atoms with Gasteiger partial charge in [-0.25, -0.2) is 0 Å². The summed E-state index contributed by atoms with van der Waals surface area (Å²) >= 11 is 0. The lowest BCUT2D eigenvalue weighted by molar-refractivity contribution is -0.136. The maximum atomic E-state index is 12.6. The van der Waals surface area contributed by atoms with E-state index in [9.17, 15) is 4.79 Å². The predicted octanol–water partition coefficient (Wildman–Crippen LogP) is 2.13. The molecule has 2 fully saturated rings. The van der Waals surface area contributed by atoms with Gasteiger partial charge in [0, 0.05) is 19.1 Å². The fraction of sp³-hybridized carbons (Fsp3) is 0.938. The van der Waals surface area contributed by atoms with Crippen molar-refractivity contribution in [2.75, 3.05) is 39.8 Å². The molecule has 0 aliphatic carbocycles. The summed E-state index contributed by atoms with van der Waals surface area (Å²) in [6.45, 7) is 7.07. The Balaban J connectivity index is 0.00000220. The molecule has 0 saturated carbocycles. The summed E-state index contributed by atoms with van der Waals surface area (Å²) in [6, 6.07) is 0.495. The van der Waals surface area contributed by atoms with Crippen LogP contribution in [-0.2, 0) is 4.79 Å². The fourth-order valence-corrected chi connectivity index (χ4v) is 3.79. The zero-order chi connectivity index (χ0) is 14.4. The largest absolute Gasteiger partial charge is 0.339 e. The molecule has 2 aliphatic heterocycles. The molecule has 5 heteroatoms. The van der Waals surface area contributed by atoms with E-state index < -0.39 is 0 Å². The van der Waals surface area contributed by atoms with E-state index in [1.54, 1.807) is 0 Å². The summed E-state index contributed by atoms with van der Waals surface area (Å²) in [5, 5.41) is 3.27. The number of carbonyl (C=O) groups is 1. The molecular weight excluding hydrogens is 286 g/mol. The number of likely N-dealkylation sites (tertiary alicyclic amines) is 2. The molecule has 2 heterocycles. The van der Waals surface area contributed by atoms with E-state index in [1.807, 2.05) is 7.05 Å². The van der Waals surface area contributed by atoms with Gasteiger partial charge in [0.1, 0.15) is 0 Å². The second-order valence-corrected chi connectivity index (χ2v) is 6.45. The lowest BCUT2D eigenvalue weighted by atomic mass is 9.97. The number of carbonyl (C=O) groups excluding carboxylic acids is 1. The third-order valence-corrected chi connectivity index (χ3v) is 4.87. The Labute approximate surface area is 136 Å². The van der Waals surface area contributed by atoms with Gasteiger partial charge in [0.05, 0.1) is 6.54 Å². The van der Waals surface area contributed by atoms with Gasteiger partial charge in [0.15, 0.2) is 0 Å². The molecule has 4 nitrogen and oxygen atoms in total. The molecular formula is C16H32ClN3O. The van der Waals surface area contributed by atoms with Crippen molar-refractivity contribution in [1.29, 1.82) is 0 Å². The van der Waals surface area contributed by atoms with Crippen LogP contribution in [-0.4, -0.2) is 61.5 Å². The van der Waals surface area contributed by atoms with Crippen molar-refractivity contribution in [3.63, 3.8) is 0 Å². The number of hydrogen-bond donors (Lipinski definition) is 1. The Hall–Kier alpha value is -0.320. The third kappa shape index (κ3) is 5.42. The Bertz CT molecular complexity index is 312. The number of halogens is 1. The summed E-state index contributed by atoms with van der Waals surface area (Å²) in [6.07, 6.45) is 7.31. The molecule has 0 aromatic carbocycles. The maximum absolute atomic E-state index is 12.6. The van der Waals surface area contributed by atoms with E-state index in [4.69, 9.17) is 0 Å². The van der Waals surface area contributed by atoms with E-state index in [-0.39, 0.29) is 12.4 Å². The smallest absolute Gasteiger partial charge is 0.236 e. The van der Waals surface area contributed by atoms with Crippen LogP contribution in [0.25, 0.3) is 0 Å². The highest BCUT2D eigenvalue weighted by Gasteiger charge is 2.28. The van der Waals surface area contributed by atoms with E-state index in [1.165, 1.54) is 32.1 Å². The van der Waals surface area contributed by atoms with E-state index in [0.717, 1.165) is 32.6 Å². The molecule has 0 aromatic rings. The topological polar surface area (TPSA) is 35.6 Å². The maximum Gasteiger partial charge on any atom is 0.236 e. The van der Waals surface area contributed by atoms with Crippen LogP contribution in [0.1, 0.15) is 45.4 Å². The van der Waals surface area contributed by atoms with E-state index in [2.05, 4.69) is 22.0 Å². The van der Waals surface area contributed by atoms with Crippen LogP contribution in [0, 0.1) is 5.92 Å². The van der Waals surface area contributed by atoms with Crippen LogP contribution >= 0.6 is 12.4 Å². The van der Waals surface area contributed by atoms with Crippen LogP contribution in [0.3, 0.4) is 0 Å². The zero-order valence-electron chi connectivity index (χ0n) is 13.6. The van der Waals surface area contributed by atoms with Crippen molar-refractivity contribution >= 4 is 18.3 Å². The summed E-state index contributed by atoms with van der Waals surface area (Å²) in [5.41, 5.74) is 0. The molecule has 0 bridgehead atoms. The lowest BCUT2D eigenvalue weighted by Crippen LogP contribution is -2.50. The highest BCUT2D eigenvalue weighted by Crippen LogP contribution is 2.21. The third-order valence-electron chi connectivity index (χ3n) is 4.87. The van der Waals surface area contributed by atoms with Gasteiger partial charge in [0.25, 0.3) is 0 Å². The SMILES string of the molecule is CCC1CCCCN1C(=O)CN1CCCC(CNC)C1.Cl. The van der Waals surface area contributed by atoms with Gasteiger partial charge >= 0.3 is 0 Å². The molecule has 2 unspecified atom stereocenters. The van der Waals surface area contributed by atoms with Crippen LogP contribution in [0.2, 0.25) is 0 Å². The van der Waals surface area contributed by atoms with E-state index in [0.29, 0.717) is 24.4 Å². The summed E-state index contributed by atoms with van der Waals surface area (Å²) in [4.78, 5) is 17.1. The molecule has 0 aromatic heterocycles. The van der Waals surface area contributed by atoms with Crippen LogP contribution in [0.5, 0.6) is 0 Å². The fourth-order valence-electron chi connectivity index (χ4n) is 3.79. The number of nitrogens with zero attached hydrogens (tertiary/aromatic N) is 2. The summed E-state index contributed by atoms with van der Waals surface area (Å²) < 4.78 is 0. The zero-order valence-corrected chi connectivity index (χ0v) is 14.5. The van der Waals surface area contributed by atoms with Gasteiger partial charge < -0.3 is 10.2 Å². The van der Waals surface area contributed by atoms with Gasteiger partial charge in [-0.1, -0.05) is 6.92 Å². The number of nitrogens with one attached hydrogen (secondary N) is 1. The molecule has 2 saturated heterocycles. The van der Waals surface area contributed by atoms with Crippen molar-refractivity contribution in [3.8, 4) is 0 Å². The molecule has 2 rings (SSSR count). The quantitative estimate of drug-likeness (QED) is 0.844. The number of hydrogen-bond acceptors (Lipinski definition) is 3. The normalized spacial score (nSPS) is 27.2. The molecule has 21 heavy (non-hydrogen) atoms. The monoisotopic (exact) mass is 317 g/mol. The van der Waals surface area contributed by atoms with Crippen molar-refractivity contribution in [2.24, 2.45) is 5.92 Å². The van der Waals surface area contributed by atoms with Crippen LogP contribution < -0.4 is 5.32 Å². The van der Waals surface area contributed by atoms with Crippen molar-refractivity contribution < 1.29 is 4.79 Å². The average Bonchev–Trinajstić information content (AvgIpc) is 2.48. The van der Waals surface area contributed by atoms with Gasteiger partial charge in [-0.15, -0.1) is 12.4 Å². The molecule has 2 aliphatic rings. The van der Waals surface area contributed by atoms with Crippen molar-refractivity contribution in [2.45, 2.75) is 51.5 Å². The van der Waals surface area contributed by atoms with Crippen molar-refractivity contribution in [1.82, 2.24) is 15.1 Å². The molecule has 0 radical (unpaired) electrons. The molecule has 124 valence electrons. The minimum absolute atomic E-state index is 0. The predicted molar refractivity (Wildman–Crippen MR) is 90.0 cm³/mol. The highest BCUT2D eigenvalue weighted by molar-refractivity contribution is 5.85. The summed E-state index contributed by atoms with van der Waals surface area (Å²) in [7, 11) is 2.02. The van der Waals surface area contributed by atoms with Gasteiger partial charge in [-0.3, -0.25) is 9.69 Å². The Morgan fingerprint density at radius 2 is 2.00 bits per heavy atom. The second-order valence-electron chi connectivity index (χ2n) is 6.45. The Kier molecular flexibility index (Phi) is 8.60. The summed E-state index contributed by atoms with van der Waals surface area (Å²) in [5.74, 6) is 1.08. The molecule has 1 amide bonds. The standard InChI is InChI=1S/C16H31N3O.ClH/c1-3-15-8-4-5-10-19(15)16(20)13-18-9-6-7-14(12-18)11-17-2;/h14-15,17H,3-13H2,1-2H3;1H. The first kappa shape index (κ1) is 18.7. The lowest BCUT2D eigenvalue weighted by Gasteiger charge is -2.38. The van der Waals surface area contributed by atoms with E-state index >= 15 is 0 Å². The minimum atomic E-state index is 0. The average molecular weight is 318 g/mol. The number of amides is 1. The molecule has 0 spiro atoms. The number of piperidine rings is 2. The first-order valence-electron chi connectivity index (χ1n) is 8.41. The molecule has 2 atom stereocenters. The minimum Gasteiger partial charge on any atom is -0.339 e. The highest BCUT2D eigenvalue weighted by atomic mass is 35.5. The van der Waals surface area contributed by atoms with Gasteiger partial charge in [-0.2, -0.15) is 0 Å². The first-order valence-corrected chi connectivity index (χ1v) is 8.41. The van der Waals surface area contributed by atoms with Gasteiger partial charge in [0.2, 0.25) is 5.91 Å². The Morgan fingerprint density at radius 1 is 1.19 bits per heavy atom. The van der Waals surface area contributed by atoms with Crippen LogP contribution in [0.4, 0.5) is 0 Å². The number of rotatable bonds is 5. The Morgan fingerprint density at radius 3 is 2.71 bits per heavy atom. The first-order chi connectivity index (χ1) is 9.74. The molecule has 1 N–H and O–H groups in total. The second kappa shape index (κ2) is 9.65.